The zero-order valence-electron chi connectivity index (χ0n) is 12.6. The quantitative estimate of drug-likeness (QED) is 0.754. The number of benzene rings is 2. The molecule has 0 unspecified atom stereocenters. The number of nitrogens with zero attached hydrogens (tertiary/aromatic N) is 2. The molecule has 0 radical (unpaired) electrons. The van der Waals surface area contributed by atoms with Crippen LogP contribution in [0.25, 0.3) is 11.5 Å². The Bertz CT molecular complexity index is 786. The van der Waals surface area contributed by atoms with Gasteiger partial charge in [-0.3, -0.25) is 0 Å². The summed E-state index contributed by atoms with van der Waals surface area (Å²) in [5.41, 5.74) is 1.51. The van der Waals surface area contributed by atoms with Gasteiger partial charge < -0.3 is 19.0 Å². The zero-order valence-corrected chi connectivity index (χ0v) is 12.6. The number of ether oxygens (including phenoxy) is 2. The molecule has 3 rings (SSSR count). The molecule has 0 aliphatic rings. The van der Waals surface area contributed by atoms with Gasteiger partial charge in [-0.2, -0.15) is 0 Å². The minimum absolute atomic E-state index is 0.0320. The molecule has 6 heteroatoms. The Hall–Kier alpha value is -2.86. The third-order valence-electron chi connectivity index (χ3n) is 3.25. The Kier molecular flexibility index (Phi) is 4.54. The molecule has 0 saturated carbocycles. The third-order valence-corrected chi connectivity index (χ3v) is 3.25. The second kappa shape index (κ2) is 6.93. The van der Waals surface area contributed by atoms with Gasteiger partial charge in [0.1, 0.15) is 11.5 Å². The first kappa shape index (κ1) is 15.1. The van der Waals surface area contributed by atoms with E-state index in [2.05, 4.69) is 10.2 Å². The molecule has 0 amide bonds. The number of hydrogen-bond acceptors (Lipinski definition) is 6. The second-order valence-electron chi connectivity index (χ2n) is 4.80. The smallest absolute Gasteiger partial charge is 0.254 e. The normalized spacial score (nSPS) is 10.5. The van der Waals surface area contributed by atoms with Crippen LogP contribution >= 0.6 is 0 Å². The predicted molar refractivity (Wildman–Crippen MR) is 83.0 cm³/mol. The lowest BCUT2D eigenvalue weighted by Crippen LogP contribution is -1.96. The van der Waals surface area contributed by atoms with Gasteiger partial charge in [-0.25, -0.2) is 0 Å². The topological polar surface area (TPSA) is 77.6 Å². The van der Waals surface area contributed by atoms with E-state index < -0.39 is 0 Å². The number of aromatic nitrogens is 2. The summed E-state index contributed by atoms with van der Waals surface area (Å²) in [4.78, 5) is 0. The largest absolute Gasteiger partial charge is 0.496 e. The van der Waals surface area contributed by atoms with Gasteiger partial charge in [0, 0.05) is 0 Å². The minimum Gasteiger partial charge on any atom is -0.496 e. The number of aliphatic hydroxyl groups excluding tert-OH is 1. The van der Waals surface area contributed by atoms with Gasteiger partial charge in [0.2, 0.25) is 0 Å². The molecule has 0 saturated heterocycles. The summed E-state index contributed by atoms with van der Waals surface area (Å²) in [6, 6.07) is 14.6. The average molecular weight is 312 g/mol. The fourth-order valence-corrected chi connectivity index (χ4v) is 2.12. The van der Waals surface area contributed by atoms with Crippen LogP contribution in [0.15, 0.2) is 52.9 Å². The molecule has 6 nitrogen and oxygen atoms in total. The molecule has 118 valence electrons. The standard InChI is InChI=1S/C17H16N2O4/c1-21-15-8-3-2-7-14(15)17-19-18-16(23-17)11-22-13-6-4-5-12(9-13)10-20/h2-9,20H,10-11H2,1H3. The third kappa shape index (κ3) is 3.49. The Balaban J connectivity index is 1.72. The van der Waals surface area contributed by atoms with Crippen molar-refractivity contribution >= 4 is 0 Å². The fourth-order valence-electron chi connectivity index (χ4n) is 2.12. The van der Waals surface area contributed by atoms with Crippen molar-refractivity contribution in [3.05, 3.63) is 60.0 Å². The van der Waals surface area contributed by atoms with Crippen molar-refractivity contribution in [2.75, 3.05) is 7.11 Å². The first-order valence-electron chi connectivity index (χ1n) is 7.08. The molecule has 1 N–H and O–H groups in total. The van der Waals surface area contributed by atoms with E-state index in [0.717, 1.165) is 11.1 Å². The summed E-state index contributed by atoms with van der Waals surface area (Å²) in [6.45, 7) is 0.118. The van der Waals surface area contributed by atoms with Crippen LogP contribution in [0.5, 0.6) is 11.5 Å². The highest BCUT2D eigenvalue weighted by atomic mass is 16.5. The van der Waals surface area contributed by atoms with Crippen molar-refractivity contribution in [1.29, 1.82) is 0 Å². The van der Waals surface area contributed by atoms with E-state index in [1.54, 1.807) is 19.2 Å². The van der Waals surface area contributed by atoms with E-state index in [4.69, 9.17) is 19.0 Å². The van der Waals surface area contributed by atoms with Gasteiger partial charge in [-0.15, -0.1) is 10.2 Å². The Morgan fingerprint density at radius 3 is 2.78 bits per heavy atom. The monoisotopic (exact) mass is 312 g/mol. The average Bonchev–Trinajstić information content (AvgIpc) is 3.09. The Labute approximate surface area is 133 Å². The molecule has 0 fully saturated rings. The molecule has 0 aliphatic carbocycles. The highest BCUT2D eigenvalue weighted by Gasteiger charge is 2.13. The Morgan fingerprint density at radius 2 is 1.96 bits per heavy atom. The maximum atomic E-state index is 9.12. The van der Waals surface area contributed by atoms with Gasteiger partial charge >= 0.3 is 0 Å². The van der Waals surface area contributed by atoms with Crippen LogP contribution in [0.3, 0.4) is 0 Å². The number of hydrogen-bond donors (Lipinski definition) is 1. The van der Waals surface area contributed by atoms with Crippen molar-refractivity contribution in [2.24, 2.45) is 0 Å². The minimum atomic E-state index is -0.0320. The van der Waals surface area contributed by atoms with Gasteiger partial charge in [0.25, 0.3) is 11.8 Å². The van der Waals surface area contributed by atoms with Crippen LogP contribution in [-0.4, -0.2) is 22.4 Å². The summed E-state index contributed by atoms with van der Waals surface area (Å²) in [7, 11) is 1.59. The molecular weight excluding hydrogens is 296 g/mol. The maximum Gasteiger partial charge on any atom is 0.254 e. The van der Waals surface area contributed by atoms with Crippen LogP contribution in [0.1, 0.15) is 11.5 Å². The molecule has 23 heavy (non-hydrogen) atoms. The van der Waals surface area contributed by atoms with E-state index in [9.17, 15) is 0 Å². The van der Waals surface area contributed by atoms with Gasteiger partial charge in [0.05, 0.1) is 19.3 Å². The summed E-state index contributed by atoms with van der Waals surface area (Å²) in [5, 5.41) is 17.1. The van der Waals surface area contributed by atoms with E-state index in [0.29, 0.717) is 23.3 Å². The summed E-state index contributed by atoms with van der Waals surface area (Å²) in [6.07, 6.45) is 0. The lowest BCUT2D eigenvalue weighted by atomic mass is 10.2. The maximum absolute atomic E-state index is 9.12. The molecular formula is C17H16N2O4. The molecule has 0 bridgehead atoms. The van der Waals surface area contributed by atoms with E-state index >= 15 is 0 Å². The van der Waals surface area contributed by atoms with Crippen LogP contribution in [0, 0.1) is 0 Å². The number of methoxy groups -OCH3 is 1. The molecule has 1 aromatic heterocycles. The van der Waals surface area contributed by atoms with Crippen molar-refractivity contribution in [1.82, 2.24) is 10.2 Å². The molecule has 2 aromatic carbocycles. The van der Waals surface area contributed by atoms with E-state index in [1.165, 1.54) is 0 Å². The molecule has 1 heterocycles. The van der Waals surface area contributed by atoms with Crippen LogP contribution in [-0.2, 0) is 13.2 Å². The first-order valence-corrected chi connectivity index (χ1v) is 7.08. The highest BCUT2D eigenvalue weighted by Crippen LogP contribution is 2.28. The predicted octanol–water partition coefficient (Wildman–Crippen LogP) is 2.82. The van der Waals surface area contributed by atoms with Gasteiger partial charge in [-0.1, -0.05) is 24.3 Å². The van der Waals surface area contributed by atoms with Crippen molar-refractivity contribution in [3.8, 4) is 23.0 Å². The van der Waals surface area contributed by atoms with Crippen LogP contribution < -0.4 is 9.47 Å². The number of para-hydroxylation sites is 1. The lowest BCUT2D eigenvalue weighted by molar-refractivity contribution is 0.260. The summed E-state index contributed by atoms with van der Waals surface area (Å²) >= 11 is 0. The van der Waals surface area contributed by atoms with Crippen molar-refractivity contribution in [2.45, 2.75) is 13.2 Å². The van der Waals surface area contributed by atoms with E-state index in [1.807, 2.05) is 36.4 Å². The lowest BCUT2D eigenvalue weighted by Gasteiger charge is -2.05. The summed E-state index contributed by atoms with van der Waals surface area (Å²) in [5.74, 6) is 2.04. The van der Waals surface area contributed by atoms with Gasteiger partial charge in [0.15, 0.2) is 6.61 Å². The molecule has 0 atom stereocenters. The second-order valence-corrected chi connectivity index (χ2v) is 4.80. The van der Waals surface area contributed by atoms with Gasteiger partial charge in [-0.05, 0) is 29.8 Å². The number of aliphatic hydroxyl groups is 1. The van der Waals surface area contributed by atoms with E-state index in [-0.39, 0.29) is 13.2 Å². The molecule has 3 aromatic rings. The first-order chi connectivity index (χ1) is 11.3. The number of rotatable bonds is 6. The fraction of sp³-hybridized carbons (Fsp3) is 0.176. The highest BCUT2D eigenvalue weighted by molar-refractivity contribution is 5.62. The zero-order chi connectivity index (χ0) is 16.1. The molecule has 0 spiro atoms. The molecule has 0 aliphatic heterocycles. The summed E-state index contributed by atoms with van der Waals surface area (Å²) < 4.78 is 16.5. The van der Waals surface area contributed by atoms with Crippen molar-refractivity contribution < 1.29 is 19.0 Å². The Morgan fingerprint density at radius 1 is 1.09 bits per heavy atom. The van der Waals surface area contributed by atoms with Crippen molar-refractivity contribution in [3.63, 3.8) is 0 Å². The van der Waals surface area contributed by atoms with Crippen LogP contribution in [0.2, 0.25) is 0 Å². The van der Waals surface area contributed by atoms with Crippen LogP contribution in [0.4, 0.5) is 0 Å². The SMILES string of the molecule is COc1ccccc1-c1nnc(COc2cccc(CO)c2)o1.